The fourth-order valence-corrected chi connectivity index (χ4v) is 5.98. The van der Waals surface area contributed by atoms with E-state index in [-0.39, 0.29) is 0 Å². The smallest absolute Gasteiger partial charge is 0.247 e. The van der Waals surface area contributed by atoms with Gasteiger partial charge < -0.3 is 0 Å². The number of aromatic amines is 1. The van der Waals surface area contributed by atoms with E-state index in [0.29, 0.717) is 12.0 Å². The van der Waals surface area contributed by atoms with Crippen LogP contribution in [0.3, 0.4) is 0 Å². The Balaban J connectivity index is 2.12. The van der Waals surface area contributed by atoms with Crippen molar-refractivity contribution in [2.24, 2.45) is 0 Å². The Hall–Kier alpha value is -0.790. The molecule has 1 N–H and O–H groups in total. The summed E-state index contributed by atoms with van der Waals surface area (Å²) in [6.07, 6.45) is 40.0. The fourth-order valence-electron chi connectivity index (χ4n) is 5.98. The molecule has 0 aliphatic rings. The molecular formula is C34H67N2+. The Morgan fingerprint density at radius 1 is 0.528 bits per heavy atom. The van der Waals surface area contributed by atoms with Gasteiger partial charge in [0.2, 0.25) is 0 Å². The van der Waals surface area contributed by atoms with E-state index in [1.807, 2.05) is 0 Å². The number of imidazole rings is 1. The van der Waals surface area contributed by atoms with Gasteiger partial charge in [0, 0.05) is 0 Å². The van der Waals surface area contributed by atoms with Crippen LogP contribution in [0.1, 0.15) is 206 Å². The summed E-state index contributed by atoms with van der Waals surface area (Å²) in [4.78, 5) is 3.66. The van der Waals surface area contributed by atoms with Crippen molar-refractivity contribution in [3.8, 4) is 0 Å². The summed E-state index contributed by atoms with van der Waals surface area (Å²) in [5, 5.41) is 0. The Morgan fingerprint density at radius 2 is 0.917 bits per heavy atom. The topological polar surface area (TPSA) is 19.7 Å². The number of nitrogens with zero attached hydrogens (tertiary/aromatic N) is 1. The van der Waals surface area contributed by atoms with Gasteiger partial charge in [-0.15, -0.1) is 0 Å². The Labute approximate surface area is 227 Å². The van der Waals surface area contributed by atoms with Crippen molar-refractivity contribution in [1.29, 1.82) is 0 Å². The van der Waals surface area contributed by atoms with Gasteiger partial charge in [-0.05, 0) is 26.2 Å². The monoisotopic (exact) mass is 504 g/mol. The Kier molecular flexibility index (Phi) is 22.7. The van der Waals surface area contributed by atoms with Gasteiger partial charge >= 0.3 is 0 Å². The van der Waals surface area contributed by atoms with Gasteiger partial charge in [0.15, 0.2) is 0 Å². The number of rotatable bonds is 27. The van der Waals surface area contributed by atoms with Gasteiger partial charge in [0.1, 0.15) is 12.4 Å². The molecule has 0 aliphatic carbocycles. The molecule has 0 aliphatic heterocycles. The normalized spacial score (nSPS) is 13.3. The molecule has 0 amide bonds. The van der Waals surface area contributed by atoms with Crippen molar-refractivity contribution < 1.29 is 4.57 Å². The molecule has 0 bridgehead atoms. The van der Waals surface area contributed by atoms with E-state index in [2.05, 4.69) is 49.6 Å². The average molecular weight is 504 g/mol. The number of aromatic nitrogens is 2. The molecule has 1 aromatic heterocycles. The molecule has 0 aromatic carbocycles. The summed E-state index contributed by atoms with van der Waals surface area (Å²) >= 11 is 0. The van der Waals surface area contributed by atoms with Gasteiger partial charge in [0.05, 0.1) is 12.0 Å². The van der Waals surface area contributed by atoms with Crippen LogP contribution in [0.5, 0.6) is 0 Å². The van der Waals surface area contributed by atoms with Gasteiger partial charge in [0.25, 0.3) is 5.82 Å². The molecule has 1 aromatic rings. The minimum absolute atomic E-state index is 0.616. The first-order chi connectivity index (χ1) is 17.7. The van der Waals surface area contributed by atoms with Crippen LogP contribution in [0.4, 0.5) is 0 Å². The minimum atomic E-state index is 0.616. The number of hydrogen-bond acceptors (Lipinski definition) is 0. The van der Waals surface area contributed by atoms with E-state index in [1.165, 1.54) is 166 Å². The second-order valence-corrected chi connectivity index (χ2v) is 11.9. The van der Waals surface area contributed by atoms with Crippen LogP contribution in [0.15, 0.2) is 12.4 Å². The molecule has 0 saturated heterocycles. The van der Waals surface area contributed by atoms with Crippen molar-refractivity contribution in [1.82, 2.24) is 4.98 Å². The molecule has 0 fully saturated rings. The van der Waals surface area contributed by atoms with E-state index in [9.17, 15) is 0 Å². The second-order valence-electron chi connectivity index (χ2n) is 11.9. The highest BCUT2D eigenvalue weighted by Gasteiger charge is 2.25. The van der Waals surface area contributed by atoms with Crippen LogP contribution in [0.25, 0.3) is 0 Å². The molecule has 1 rings (SSSR count). The SMILES string of the molecule is CCCCCCCCCCCCCCCCCCCC(CCCCCC)c1[nH]cc[n+]1C(C)CCC. The first-order valence-corrected chi connectivity index (χ1v) is 16.8. The first kappa shape index (κ1) is 33.2. The third kappa shape index (κ3) is 16.9. The maximum Gasteiger partial charge on any atom is 0.257 e. The van der Waals surface area contributed by atoms with Crippen molar-refractivity contribution in [3.05, 3.63) is 18.2 Å². The number of unbranched alkanes of at least 4 members (excludes halogenated alkanes) is 19. The summed E-state index contributed by atoms with van der Waals surface area (Å²) < 4.78 is 2.56. The molecular weight excluding hydrogens is 436 g/mol. The Morgan fingerprint density at radius 3 is 1.33 bits per heavy atom. The summed E-state index contributed by atoms with van der Waals surface area (Å²) in [7, 11) is 0. The van der Waals surface area contributed by atoms with E-state index in [0.717, 1.165) is 0 Å². The number of H-pyrrole nitrogens is 1. The summed E-state index contributed by atoms with van der Waals surface area (Å²) in [5.74, 6) is 2.22. The lowest BCUT2D eigenvalue weighted by molar-refractivity contribution is -0.727. The van der Waals surface area contributed by atoms with Gasteiger partial charge in [-0.2, -0.15) is 0 Å². The van der Waals surface area contributed by atoms with Crippen molar-refractivity contribution in [2.45, 2.75) is 200 Å². The van der Waals surface area contributed by atoms with Crippen LogP contribution in [-0.4, -0.2) is 4.98 Å². The molecule has 212 valence electrons. The van der Waals surface area contributed by atoms with Crippen molar-refractivity contribution >= 4 is 0 Å². The zero-order valence-corrected chi connectivity index (χ0v) is 25.4. The van der Waals surface area contributed by atoms with E-state index >= 15 is 0 Å². The fraction of sp³-hybridized carbons (Fsp3) is 0.912. The summed E-state index contributed by atoms with van der Waals surface area (Å²) in [6.45, 7) is 9.33. The molecule has 0 radical (unpaired) electrons. The van der Waals surface area contributed by atoms with Crippen LogP contribution in [0, 0.1) is 0 Å². The number of hydrogen-bond donors (Lipinski definition) is 1. The van der Waals surface area contributed by atoms with Crippen LogP contribution in [0.2, 0.25) is 0 Å². The Bertz CT molecular complexity index is 563. The van der Waals surface area contributed by atoms with Gasteiger partial charge in [-0.1, -0.05) is 162 Å². The molecule has 1 heterocycles. The predicted molar refractivity (Wildman–Crippen MR) is 161 cm³/mol. The van der Waals surface area contributed by atoms with Gasteiger partial charge in [-0.3, -0.25) is 0 Å². The molecule has 2 nitrogen and oxygen atoms in total. The average Bonchev–Trinajstić information content (AvgIpc) is 3.37. The third-order valence-corrected chi connectivity index (χ3v) is 8.37. The van der Waals surface area contributed by atoms with E-state index < -0.39 is 0 Å². The molecule has 0 saturated carbocycles. The zero-order chi connectivity index (χ0) is 26.1. The van der Waals surface area contributed by atoms with Crippen molar-refractivity contribution in [3.63, 3.8) is 0 Å². The van der Waals surface area contributed by atoms with Crippen LogP contribution in [-0.2, 0) is 0 Å². The van der Waals surface area contributed by atoms with Crippen LogP contribution < -0.4 is 4.57 Å². The largest absolute Gasteiger partial charge is 0.257 e. The van der Waals surface area contributed by atoms with Crippen molar-refractivity contribution in [2.75, 3.05) is 0 Å². The third-order valence-electron chi connectivity index (χ3n) is 8.37. The minimum Gasteiger partial charge on any atom is -0.247 e. The van der Waals surface area contributed by atoms with E-state index in [1.54, 1.807) is 0 Å². The zero-order valence-electron chi connectivity index (χ0n) is 25.4. The lowest BCUT2D eigenvalue weighted by Gasteiger charge is -2.17. The van der Waals surface area contributed by atoms with E-state index in [4.69, 9.17) is 0 Å². The maximum atomic E-state index is 3.66. The van der Waals surface area contributed by atoms with Gasteiger partial charge in [-0.25, -0.2) is 9.55 Å². The lowest BCUT2D eigenvalue weighted by atomic mass is 9.93. The highest BCUT2D eigenvalue weighted by atomic mass is 15.1. The number of nitrogens with one attached hydrogen (secondary N) is 1. The first-order valence-electron chi connectivity index (χ1n) is 16.8. The molecule has 2 atom stereocenters. The van der Waals surface area contributed by atoms with Crippen LogP contribution >= 0.6 is 0 Å². The second kappa shape index (κ2) is 24.5. The molecule has 2 unspecified atom stereocenters. The molecule has 0 spiro atoms. The quantitative estimate of drug-likeness (QED) is 0.0909. The molecule has 36 heavy (non-hydrogen) atoms. The summed E-state index contributed by atoms with van der Waals surface area (Å²) in [6, 6.07) is 0.616. The predicted octanol–water partition coefficient (Wildman–Crippen LogP) is 11.8. The highest BCUT2D eigenvalue weighted by Crippen LogP contribution is 2.27. The standard InChI is InChI=1S/C34H66N2/c1-5-8-10-12-13-14-15-16-17-18-19-20-21-22-23-24-26-29-33(28-25-11-9-6-2)34-35-30-31-36(34)32(4)27-7-3/h30-33H,5-29H2,1-4H3/p+1. The highest BCUT2D eigenvalue weighted by molar-refractivity contribution is 4.90. The lowest BCUT2D eigenvalue weighted by Crippen LogP contribution is -2.41. The molecule has 2 heteroatoms. The maximum absolute atomic E-state index is 3.66. The summed E-state index contributed by atoms with van der Waals surface area (Å²) in [5.41, 5.74) is 0.